The Morgan fingerprint density at radius 3 is 2.93 bits per heavy atom. The van der Waals surface area contributed by atoms with Crippen LogP contribution in [0.1, 0.15) is 48.4 Å². The van der Waals surface area contributed by atoms with Gasteiger partial charge in [0.25, 0.3) is 0 Å². The van der Waals surface area contributed by atoms with Crippen LogP contribution < -0.4 is 5.73 Å². The summed E-state index contributed by atoms with van der Waals surface area (Å²) >= 11 is 1.87. The number of rotatable bonds is 3. The molecule has 2 rings (SSSR count). The first-order chi connectivity index (χ1) is 6.75. The van der Waals surface area contributed by atoms with Crippen molar-refractivity contribution in [2.24, 2.45) is 5.73 Å². The lowest BCUT2D eigenvalue weighted by molar-refractivity contribution is 0.731. The summed E-state index contributed by atoms with van der Waals surface area (Å²) in [6.07, 6.45) is 8.51. The summed E-state index contributed by atoms with van der Waals surface area (Å²) in [6, 6.07) is 0.234. The van der Waals surface area contributed by atoms with E-state index in [0.717, 1.165) is 12.3 Å². The Hall–Kier alpha value is -0.410. The number of hydrogen-bond donors (Lipinski definition) is 1. The molecule has 0 radical (unpaired) electrons. The van der Waals surface area contributed by atoms with Gasteiger partial charge in [-0.15, -0.1) is 11.3 Å². The molecule has 1 aromatic heterocycles. The lowest BCUT2D eigenvalue weighted by atomic mass is 10.1. The third kappa shape index (κ3) is 2.34. The molecule has 3 heteroatoms. The lowest BCUT2D eigenvalue weighted by Gasteiger charge is -2.03. The highest BCUT2D eigenvalue weighted by molar-refractivity contribution is 7.11. The number of nitrogens with two attached hydrogens (primary N) is 1. The third-order valence-corrected chi connectivity index (χ3v) is 4.01. The van der Waals surface area contributed by atoms with Crippen LogP contribution in [0.15, 0.2) is 6.20 Å². The normalized spacial score (nSPS) is 20.1. The highest BCUT2D eigenvalue weighted by Crippen LogP contribution is 2.36. The summed E-state index contributed by atoms with van der Waals surface area (Å²) in [5.74, 6) is 0.800. The SMILES string of the molecule is CC(N)Cc1ncc(C2CCCC2)s1. The predicted octanol–water partition coefficient (Wildman–Crippen LogP) is 2.69. The quantitative estimate of drug-likeness (QED) is 0.833. The maximum absolute atomic E-state index is 5.75. The van der Waals surface area contributed by atoms with E-state index in [9.17, 15) is 0 Å². The van der Waals surface area contributed by atoms with E-state index >= 15 is 0 Å². The molecule has 0 aromatic carbocycles. The molecule has 1 fully saturated rings. The molecule has 1 aliphatic rings. The maximum Gasteiger partial charge on any atom is 0.0943 e. The van der Waals surface area contributed by atoms with Gasteiger partial charge in [-0.05, 0) is 25.7 Å². The fourth-order valence-corrected chi connectivity index (χ4v) is 3.32. The van der Waals surface area contributed by atoms with Crippen LogP contribution in [-0.4, -0.2) is 11.0 Å². The van der Waals surface area contributed by atoms with Crippen molar-refractivity contribution >= 4 is 11.3 Å². The van der Waals surface area contributed by atoms with Crippen LogP contribution in [0.3, 0.4) is 0 Å². The minimum Gasteiger partial charge on any atom is -0.328 e. The van der Waals surface area contributed by atoms with Gasteiger partial charge in [0.15, 0.2) is 0 Å². The molecule has 0 aliphatic heterocycles. The Balaban J connectivity index is 2.01. The lowest BCUT2D eigenvalue weighted by Crippen LogP contribution is -2.17. The number of thiazole rings is 1. The molecule has 1 unspecified atom stereocenters. The highest BCUT2D eigenvalue weighted by atomic mass is 32.1. The second kappa shape index (κ2) is 4.41. The van der Waals surface area contributed by atoms with Crippen LogP contribution in [0.5, 0.6) is 0 Å². The molecule has 1 aromatic rings. The first-order valence-electron chi connectivity index (χ1n) is 5.46. The van der Waals surface area contributed by atoms with E-state index in [1.54, 1.807) is 0 Å². The molecule has 0 saturated heterocycles. The first kappa shape index (κ1) is 10.1. The van der Waals surface area contributed by atoms with Crippen LogP contribution in [-0.2, 0) is 6.42 Å². The molecule has 1 aliphatic carbocycles. The van der Waals surface area contributed by atoms with E-state index in [1.165, 1.54) is 35.6 Å². The monoisotopic (exact) mass is 210 g/mol. The van der Waals surface area contributed by atoms with Gasteiger partial charge < -0.3 is 5.73 Å². The Morgan fingerprint density at radius 1 is 1.57 bits per heavy atom. The Labute approximate surface area is 89.5 Å². The standard InChI is InChI=1S/C11H18N2S/c1-8(12)6-11-13-7-10(14-11)9-4-2-3-5-9/h7-9H,2-6,12H2,1H3. The van der Waals surface area contributed by atoms with Gasteiger partial charge >= 0.3 is 0 Å². The van der Waals surface area contributed by atoms with Crippen LogP contribution in [0.2, 0.25) is 0 Å². The van der Waals surface area contributed by atoms with Gasteiger partial charge in [0, 0.05) is 23.5 Å². The van der Waals surface area contributed by atoms with Crippen LogP contribution >= 0.6 is 11.3 Å². The van der Waals surface area contributed by atoms with Crippen LogP contribution in [0.4, 0.5) is 0 Å². The molecule has 78 valence electrons. The summed E-state index contributed by atoms with van der Waals surface area (Å²) in [5, 5.41) is 1.21. The van der Waals surface area contributed by atoms with Crippen LogP contribution in [0, 0.1) is 0 Å². The zero-order valence-corrected chi connectivity index (χ0v) is 9.52. The van der Waals surface area contributed by atoms with E-state index in [2.05, 4.69) is 11.2 Å². The molecule has 1 atom stereocenters. The van der Waals surface area contributed by atoms with Gasteiger partial charge in [0.1, 0.15) is 0 Å². The zero-order chi connectivity index (χ0) is 9.97. The predicted molar refractivity (Wildman–Crippen MR) is 60.7 cm³/mol. The van der Waals surface area contributed by atoms with Gasteiger partial charge in [-0.25, -0.2) is 4.98 Å². The van der Waals surface area contributed by atoms with Crippen LogP contribution in [0.25, 0.3) is 0 Å². The fourth-order valence-electron chi connectivity index (χ4n) is 2.09. The van der Waals surface area contributed by atoms with Crippen molar-refractivity contribution in [1.82, 2.24) is 4.98 Å². The fraction of sp³-hybridized carbons (Fsp3) is 0.727. The summed E-state index contributed by atoms with van der Waals surface area (Å²) in [6.45, 7) is 2.04. The molecule has 0 spiro atoms. The molecule has 1 heterocycles. The molecule has 14 heavy (non-hydrogen) atoms. The van der Waals surface area contributed by atoms with Gasteiger partial charge in [0.05, 0.1) is 5.01 Å². The van der Waals surface area contributed by atoms with Crippen molar-refractivity contribution < 1.29 is 0 Å². The van der Waals surface area contributed by atoms with Crippen molar-refractivity contribution in [3.8, 4) is 0 Å². The van der Waals surface area contributed by atoms with Crippen molar-refractivity contribution in [1.29, 1.82) is 0 Å². The zero-order valence-electron chi connectivity index (χ0n) is 8.70. The first-order valence-corrected chi connectivity index (χ1v) is 6.27. The molecular formula is C11H18N2S. The molecule has 2 nitrogen and oxygen atoms in total. The minimum absolute atomic E-state index is 0.234. The van der Waals surface area contributed by atoms with Gasteiger partial charge in [-0.1, -0.05) is 12.8 Å². The maximum atomic E-state index is 5.75. The van der Waals surface area contributed by atoms with Crippen molar-refractivity contribution in [2.75, 3.05) is 0 Å². The van der Waals surface area contributed by atoms with E-state index in [-0.39, 0.29) is 6.04 Å². The van der Waals surface area contributed by atoms with Gasteiger partial charge in [0.2, 0.25) is 0 Å². The Bertz CT molecular complexity index is 287. The summed E-state index contributed by atoms with van der Waals surface area (Å²) in [4.78, 5) is 5.92. The largest absolute Gasteiger partial charge is 0.328 e. The number of nitrogens with zero attached hydrogens (tertiary/aromatic N) is 1. The second-order valence-corrected chi connectivity index (χ2v) is 5.47. The smallest absolute Gasteiger partial charge is 0.0943 e. The number of hydrogen-bond acceptors (Lipinski definition) is 3. The van der Waals surface area contributed by atoms with E-state index < -0.39 is 0 Å². The average molecular weight is 210 g/mol. The summed E-state index contributed by atoms with van der Waals surface area (Å²) < 4.78 is 0. The second-order valence-electron chi connectivity index (χ2n) is 4.32. The van der Waals surface area contributed by atoms with E-state index in [1.807, 2.05) is 18.3 Å². The van der Waals surface area contributed by atoms with E-state index in [4.69, 9.17) is 5.73 Å². The molecule has 0 amide bonds. The van der Waals surface area contributed by atoms with Gasteiger partial charge in [-0.3, -0.25) is 0 Å². The van der Waals surface area contributed by atoms with Gasteiger partial charge in [-0.2, -0.15) is 0 Å². The minimum atomic E-state index is 0.234. The third-order valence-electron chi connectivity index (χ3n) is 2.83. The topological polar surface area (TPSA) is 38.9 Å². The molecule has 2 N–H and O–H groups in total. The molecule has 0 bridgehead atoms. The van der Waals surface area contributed by atoms with Crippen molar-refractivity contribution in [2.45, 2.75) is 51.0 Å². The van der Waals surface area contributed by atoms with E-state index in [0.29, 0.717) is 0 Å². The van der Waals surface area contributed by atoms with Crippen molar-refractivity contribution in [3.63, 3.8) is 0 Å². The summed E-state index contributed by atoms with van der Waals surface area (Å²) in [7, 11) is 0. The van der Waals surface area contributed by atoms with Crippen molar-refractivity contribution in [3.05, 3.63) is 16.1 Å². The molecular weight excluding hydrogens is 192 g/mol. The average Bonchev–Trinajstić information content (AvgIpc) is 2.69. The molecule has 1 saturated carbocycles. The highest BCUT2D eigenvalue weighted by Gasteiger charge is 2.19. The summed E-state index contributed by atoms with van der Waals surface area (Å²) in [5.41, 5.74) is 5.75. The Kier molecular flexibility index (Phi) is 3.19. The Morgan fingerprint density at radius 2 is 2.29 bits per heavy atom. The number of aromatic nitrogens is 1.